The molecule has 24 heavy (non-hydrogen) atoms. The van der Waals surface area contributed by atoms with Crippen LogP contribution in [0.2, 0.25) is 0 Å². The van der Waals surface area contributed by atoms with Crippen LogP contribution in [0.5, 0.6) is 0 Å². The summed E-state index contributed by atoms with van der Waals surface area (Å²) >= 11 is 0. The van der Waals surface area contributed by atoms with Gasteiger partial charge in [0.25, 0.3) is 5.56 Å². The lowest BCUT2D eigenvalue weighted by atomic mass is 10.1. The Morgan fingerprint density at radius 1 is 1.46 bits per heavy atom. The second kappa shape index (κ2) is 7.19. The summed E-state index contributed by atoms with van der Waals surface area (Å²) in [5, 5.41) is 0. The van der Waals surface area contributed by atoms with Crippen LogP contribution in [-0.2, 0) is 26.9 Å². The van der Waals surface area contributed by atoms with Gasteiger partial charge in [-0.05, 0) is 24.8 Å². The van der Waals surface area contributed by atoms with Crippen LogP contribution in [0, 0.1) is 5.92 Å². The smallest absolute Gasteiger partial charge is 0.416 e. The van der Waals surface area contributed by atoms with Crippen LogP contribution in [0.1, 0.15) is 43.4 Å². The Labute approximate surface area is 136 Å². The minimum Gasteiger partial charge on any atom is -0.464 e. The Hall–Kier alpha value is -2.12. The zero-order chi connectivity index (χ0) is 17.9. The molecule has 1 saturated carbocycles. The van der Waals surface area contributed by atoms with Crippen LogP contribution in [0.25, 0.3) is 0 Å². The summed E-state index contributed by atoms with van der Waals surface area (Å²) < 4.78 is 45.0. The van der Waals surface area contributed by atoms with Gasteiger partial charge < -0.3 is 14.1 Å². The molecule has 1 aromatic rings. The Morgan fingerprint density at radius 2 is 2.12 bits per heavy atom. The second-order valence-electron chi connectivity index (χ2n) is 5.77. The maximum atomic E-state index is 13.0. The van der Waals surface area contributed by atoms with Crippen molar-refractivity contribution >= 4 is 12.3 Å². The molecule has 1 unspecified atom stereocenters. The van der Waals surface area contributed by atoms with E-state index in [0.717, 1.165) is 23.6 Å². The Balaban J connectivity index is 2.49. The van der Waals surface area contributed by atoms with Gasteiger partial charge in [-0.3, -0.25) is 4.79 Å². The van der Waals surface area contributed by atoms with E-state index in [9.17, 15) is 27.6 Å². The summed E-state index contributed by atoms with van der Waals surface area (Å²) in [6.07, 6.45) is -1.78. The Morgan fingerprint density at radius 3 is 2.62 bits per heavy atom. The van der Waals surface area contributed by atoms with Gasteiger partial charge in [0, 0.05) is 18.7 Å². The van der Waals surface area contributed by atoms with Gasteiger partial charge in [0.05, 0.1) is 12.2 Å². The van der Waals surface area contributed by atoms with Crippen molar-refractivity contribution < 1.29 is 27.5 Å². The van der Waals surface area contributed by atoms with Crippen LogP contribution in [-0.4, -0.2) is 23.4 Å². The fourth-order valence-electron chi connectivity index (χ4n) is 2.58. The van der Waals surface area contributed by atoms with Gasteiger partial charge >= 0.3 is 12.1 Å². The minimum absolute atomic E-state index is 0.108. The first-order valence-electron chi connectivity index (χ1n) is 7.70. The Kier molecular flexibility index (Phi) is 5.46. The van der Waals surface area contributed by atoms with Gasteiger partial charge in [-0.1, -0.05) is 12.8 Å². The second-order valence-corrected chi connectivity index (χ2v) is 5.77. The number of carbonyl (C=O) groups excluding carboxylic acids is 2. The molecule has 1 aliphatic carbocycles. The number of esters is 1. The maximum absolute atomic E-state index is 13.0. The number of alkyl halides is 3. The van der Waals surface area contributed by atoms with Crippen LogP contribution in [0.15, 0.2) is 17.1 Å². The molecule has 0 aromatic carbocycles. The topological polar surface area (TPSA) is 65.4 Å². The normalized spacial score (nSPS) is 15.8. The third-order valence-electron chi connectivity index (χ3n) is 3.92. The zero-order valence-corrected chi connectivity index (χ0v) is 13.1. The van der Waals surface area contributed by atoms with E-state index in [1.54, 1.807) is 6.92 Å². The SMILES string of the molecule is CCOC(=O)C(CC1CC1)n1cc(CC=O)c(C(F)(F)F)cc1=O. The number of hydrogen-bond donors (Lipinski definition) is 0. The average molecular weight is 345 g/mol. The van der Waals surface area contributed by atoms with E-state index in [1.807, 2.05) is 0 Å². The summed E-state index contributed by atoms with van der Waals surface area (Å²) in [5.41, 5.74) is -2.41. The van der Waals surface area contributed by atoms with Crippen LogP contribution < -0.4 is 5.56 Å². The molecule has 1 aliphatic rings. The predicted molar refractivity (Wildman–Crippen MR) is 78.5 cm³/mol. The summed E-state index contributed by atoms with van der Waals surface area (Å²) in [6, 6.07) is -0.532. The van der Waals surface area contributed by atoms with Crippen molar-refractivity contribution in [1.82, 2.24) is 4.57 Å². The van der Waals surface area contributed by atoms with Crippen molar-refractivity contribution in [1.29, 1.82) is 0 Å². The fraction of sp³-hybridized carbons (Fsp3) is 0.562. The van der Waals surface area contributed by atoms with E-state index < -0.39 is 35.7 Å². The molecule has 1 heterocycles. The number of nitrogens with zero attached hydrogens (tertiary/aromatic N) is 1. The molecule has 1 aromatic heterocycles. The van der Waals surface area contributed by atoms with Gasteiger partial charge in [-0.2, -0.15) is 13.2 Å². The summed E-state index contributed by atoms with van der Waals surface area (Å²) in [5.74, 6) is -0.397. The number of pyridine rings is 1. The van der Waals surface area contributed by atoms with Gasteiger partial charge in [-0.15, -0.1) is 0 Å². The number of rotatable bonds is 7. The minimum atomic E-state index is -4.74. The third kappa shape index (κ3) is 4.24. The van der Waals surface area contributed by atoms with E-state index >= 15 is 0 Å². The van der Waals surface area contributed by atoms with Crippen molar-refractivity contribution in [3.8, 4) is 0 Å². The zero-order valence-electron chi connectivity index (χ0n) is 13.1. The molecule has 8 heteroatoms. The Bertz CT molecular complexity index is 677. The molecule has 0 amide bonds. The van der Waals surface area contributed by atoms with Crippen molar-refractivity contribution in [2.75, 3.05) is 6.61 Å². The first-order chi connectivity index (χ1) is 11.3. The fourth-order valence-corrected chi connectivity index (χ4v) is 2.58. The first kappa shape index (κ1) is 18.2. The number of halogens is 3. The largest absolute Gasteiger partial charge is 0.464 e. The van der Waals surface area contributed by atoms with Crippen LogP contribution in [0.3, 0.4) is 0 Å². The van der Waals surface area contributed by atoms with Crippen molar-refractivity contribution in [3.63, 3.8) is 0 Å². The molecule has 132 valence electrons. The van der Waals surface area contributed by atoms with Gasteiger partial charge in [0.15, 0.2) is 0 Å². The van der Waals surface area contributed by atoms with Crippen molar-refractivity contribution in [2.24, 2.45) is 5.92 Å². The molecule has 5 nitrogen and oxygen atoms in total. The molecule has 2 rings (SSSR count). The van der Waals surface area contributed by atoms with Crippen molar-refractivity contribution in [3.05, 3.63) is 33.7 Å². The quantitative estimate of drug-likeness (QED) is 0.563. The molecular formula is C16H18F3NO4. The molecular weight excluding hydrogens is 327 g/mol. The average Bonchev–Trinajstić information content (AvgIpc) is 3.30. The molecule has 0 spiro atoms. The molecule has 0 bridgehead atoms. The van der Waals surface area contributed by atoms with E-state index in [-0.39, 0.29) is 18.1 Å². The van der Waals surface area contributed by atoms with Gasteiger partial charge in [-0.25, -0.2) is 4.79 Å². The molecule has 1 fully saturated rings. The number of aldehydes is 1. The van der Waals surface area contributed by atoms with Gasteiger partial charge in [0.1, 0.15) is 12.3 Å². The van der Waals surface area contributed by atoms with Crippen molar-refractivity contribution in [2.45, 2.75) is 44.8 Å². The number of ether oxygens (including phenoxy) is 1. The summed E-state index contributed by atoms with van der Waals surface area (Å²) in [7, 11) is 0. The highest BCUT2D eigenvalue weighted by Crippen LogP contribution is 2.37. The number of hydrogen-bond acceptors (Lipinski definition) is 4. The number of aromatic nitrogens is 1. The van der Waals surface area contributed by atoms with Gasteiger partial charge in [0.2, 0.25) is 0 Å². The summed E-state index contributed by atoms with van der Waals surface area (Å²) in [6.45, 7) is 1.72. The number of carbonyl (C=O) groups is 2. The van der Waals surface area contributed by atoms with E-state index in [2.05, 4.69) is 0 Å². The van der Waals surface area contributed by atoms with E-state index in [1.165, 1.54) is 0 Å². The lowest BCUT2D eigenvalue weighted by Crippen LogP contribution is -2.33. The highest BCUT2D eigenvalue weighted by Gasteiger charge is 2.36. The van der Waals surface area contributed by atoms with E-state index in [0.29, 0.717) is 18.8 Å². The third-order valence-corrected chi connectivity index (χ3v) is 3.92. The first-order valence-corrected chi connectivity index (χ1v) is 7.70. The highest BCUT2D eigenvalue weighted by molar-refractivity contribution is 5.74. The molecule has 0 N–H and O–H groups in total. The monoisotopic (exact) mass is 345 g/mol. The maximum Gasteiger partial charge on any atom is 0.416 e. The molecule has 0 saturated heterocycles. The summed E-state index contributed by atoms with van der Waals surface area (Å²) in [4.78, 5) is 35.0. The van der Waals surface area contributed by atoms with E-state index in [4.69, 9.17) is 4.74 Å². The lowest BCUT2D eigenvalue weighted by molar-refractivity contribution is -0.147. The molecule has 0 aliphatic heterocycles. The molecule has 0 radical (unpaired) electrons. The van der Waals surface area contributed by atoms with Crippen LogP contribution in [0.4, 0.5) is 13.2 Å². The standard InChI is InChI=1S/C16H18F3NO4/c1-2-24-15(23)13(7-10-3-4-10)20-9-11(5-6-21)12(8-14(20)22)16(17,18)19/h6,8-10,13H,2-5,7H2,1H3. The predicted octanol–water partition coefficient (Wildman–Crippen LogP) is 2.51. The molecule has 1 atom stereocenters. The highest BCUT2D eigenvalue weighted by atomic mass is 19.4. The van der Waals surface area contributed by atoms with Crippen LogP contribution >= 0.6 is 0 Å². The lowest BCUT2D eigenvalue weighted by Gasteiger charge is -2.20.